The fourth-order valence-electron chi connectivity index (χ4n) is 3.58. The van der Waals surface area contributed by atoms with Crippen molar-refractivity contribution in [2.75, 3.05) is 0 Å². The van der Waals surface area contributed by atoms with Crippen LogP contribution in [-0.2, 0) is 26.1 Å². The van der Waals surface area contributed by atoms with Gasteiger partial charge in [0.1, 0.15) is 23.1 Å². The number of hydrogen-bond donors (Lipinski definition) is 0. The van der Waals surface area contributed by atoms with E-state index in [0.29, 0.717) is 16.1 Å². The second-order valence-electron chi connectivity index (χ2n) is 7.53. The number of ether oxygens (including phenoxy) is 3. The lowest BCUT2D eigenvalue weighted by Crippen LogP contribution is -2.50. The Labute approximate surface area is 171 Å². The normalized spacial score (nSPS) is 17.6. The van der Waals surface area contributed by atoms with Crippen LogP contribution in [-0.4, -0.2) is 28.9 Å². The molecule has 30 heavy (non-hydrogen) atoms. The molecule has 162 valence electrons. The smallest absolute Gasteiger partial charge is 0.387 e. The number of cyclic esters (lactones) is 2. The number of aromatic nitrogens is 2. The predicted molar refractivity (Wildman–Crippen MR) is 98.5 cm³/mol. The topological polar surface area (TPSA) is 93.7 Å². The molecule has 1 aromatic heterocycles. The lowest BCUT2D eigenvalue weighted by atomic mass is 9.84. The van der Waals surface area contributed by atoms with Gasteiger partial charge >= 0.3 is 18.6 Å². The molecule has 2 heterocycles. The van der Waals surface area contributed by atoms with Gasteiger partial charge in [-0.2, -0.15) is 8.78 Å². The zero-order valence-electron chi connectivity index (χ0n) is 17.1. The molecule has 0 unspecified atom stereocenters. The van der Waals surface area contributed by atoms with Gasteiger partial charge in [-0.15, -0.1) is 0 Å². The second kappa shape index (κ2) is 7.58. The first-order valence-corrected chi connectivity index (χ1v) is 9.18. The van der Waals surface area contributed by atoms with Gasteiger partial charge in [-0.05, 0) is 17.7 Å². The molecule has 0 N–H and O–H groups in total. The number of imidazole rings is 1. The van der Waals surface area contributed by atoms with Gasteiger partial charge in [0.15, 0.2) is 5.92 Å². The Morgan fingerprint density at radius 2 is 1.80 bits per heavy atom. The van der Waals surface area contributed by atoms with E-state index in [4.69, 9.17) is 9.47 Å². The molecule has 0 bridgehead atoms. The highest BCUT2D eigenvalue weighted by Crippen LogP contribution is 2.38. The number of alkyl halides is 2. The van der Waals surface area contributed by atoms with Crippen molar-refractivity contribution in [3.8, 4) is 5.75 Å². The molecule has 8 nitrogen and oxygen atoms in total. The summed E-state index contributed by atoms with van der Waals surface area (Å²) in [6, 6.07) is 5.51. The minimum absolute atomic E-state index is 0.0674. The van der Waals surface area contributed by atoms with Crippen molar-refractivity contribution in [3.05, 3.63) is 52.2 Å². The van der Waals surface area contributed by atoms with Crippen LogP contribution in [0, 0.1) is 25.0 Å². The first kappa shape index (κ1) is 21.5. The molecule has 0 saturated carbocycles. The van der Waals surface area contributed by atoms with Crippen LogP contribution in [0.3, 0.4) is 0 Å². The molecule has 1 aromatic carbocycles. The molecule has 1 aliphatic rings. The van der Waals surface area contributed by atoms with Crippen LogP contribution in [0.5, 0.6) is 5.75 Å². The molecule has 0 radical (unpaired) electrons. The summed E-state index contributed by atoms with van der Waals surface area (Å²) in [4.78, 5) is 25.6. The van der Waals surface area contributed by atoms with Crippen LogP contribution < -0.4 is 9.47 Å². The molecule has 10 heteroatoms. The van der Waals surface area contributed by atoms with Crippen molar-refractivity contribution in [2.45, 2.75) is 46.0 Å². The van der Waals surface area contributed by atoms with Crippen molar-refractivity contribution in [1.82, 2.24) is 4.57 Å². The summed E-state index contributed by atoms with van der Waals surface area (Å²) >= 11 is 0. The quantitative estimate of drug-likeness (QED) is 0.317. The monoisotopic (exact) mass is 424 g/mol. The van der Waals surface area contributed by atoms with E-state index in [1.807, 2.05) is 0 Å². The minimum Gasteiger partial charge on any atom is -0.711 e. The summed E-state index contributed by atoms with van der Waals surface area (Å²) in [5, 5.41) is 12.9. The van der Waals surface area contributed by atoms with Gasteiger partial charge in [0.05, 0.1) is 7.05 Å². The first-order valence-electron chi connectivity index (χ1n) is 9.18. The van der Waals surface area contributed by atoms with E-state index in [9.17, 15) is 23.6 Å². The number of hydrogen-bond acceptors (Lipinski definition) is 6. The van der Waals surface area contributed by atoms with Gasteiger partial charge in [-0.1, -0.05) is 12.1 Å². The van der Waals surface area contributed by atoms with Crippen molar-refractivity contribution < 1.29 is 37.3 Å². The Hall–Kier alpha value is -3.17. The third kappa shape index (κ3) is 3.81. The van der Waals surface area contributed by atoms with Crippen LogP contribution in [0.1, 0.15) is 42.5 Å². The van der Waals surface area contributed by atoms with Gasteiger partial charge in [0.2, 0.25) is 0 Å². The van der Waals surface area contributed by atoms with E-state index in [-0.39, 0.29) is 17.1 Å². The van der Waals surface area contributed by atoms with E-state index in [0.717, 1.165) is 0 Å². The number of carbonyl (C=O) groups is 2. The predicted octanol–water partition coefficient (Wildman–Crippen LogP) is 2.46. The molecule has 0 amide bonds. The SMILES string of the molecule is Cc1c(C)[n+]([O-])c([C@@H](c2cccc(OC(F)F)c2)C2C(=O)OC(C)(C)OC2=O)n1C. The van der Waals surface area contributed by atoms with Gasteiger partial charge < -0.3 is 19.4 Å². The fraction of sp³-hybridized carbons (Fsp3) is 0.450. The maximum absolute atomic E-state index is 12.9. The van der Waals surface area contributed by atoms with E-state index in [1.54, 1.807) is 25.5 Å². The highest BCUT2D eigenvalue weighted by atomic mass is 19.3. The maximum atomic E-state index is 12.9. The van der Waals surface area contributed by atoms with Crippen LogP contribution in [0.4, 0.5) is 8.78 Å². The largest absolute Gasteiger partial charge is 0.711 e. The Kier molecular flexibility index (Phi) is 5.44. The minimum atomic E-state index is -3.06. The zero-order valence-corrected chi connectivity index (χ0v) is 17.1. The number of rotatable bonds is 5. The summed E-state index contributed by atoms with van der Waals surface area (Å²) < 4.78 is 42.5. The molecular weight excluding hydrogens is 402 g/mol. The molecule has 0 aliphatic carbocycles. The van der Waals surface area contributed by atoms with Crippen LogP contribution in [0.2, 0.25) is 0 Å². The molecule has 1 atom stereocenters. The Morgan fingerprint density at radius 1 is 1.20 bits per heavy atom. The highest BCUT2D eigenvalue weighted by molar-refractivity contribution is 5.98. The van der Waals surface area contributed by atoms with Crippen LogP contribution in [0.25, 0.3) is 0 Å². The maximum Gasteiger partial charge on any atom is 0.387 e. The van der Waals surface area contributed by atoms with Gasteiger partial charge in [-0.25, -0.2) is 9.30 Å². The number of benzene rings is 1. The Morgan fingerprint density at radius 3 is 2.30 bits per heavy atom. The Bertz CT molecular complexity index is 956. The average Bonchev–Trinajstić information content (AvgIpc) is 2.80. The van der Waals surface area contributed by atoms with Crippen molar-refractivity contribution >= 4 is 11.9 Å². The highest BCUT2D eigenvalue weighted by Gasteiger charge is 2.51. The van der Waals surface area contributed by atoms with Crippen molar-refractivity contribution in [3.63, 3.8) is 0 Å². The van der Waals surface area contributed by atoms with E-state index in [1.165, 1.54) is 38.1 Å². The molecule has 0 spiro atoms. The lowest BCUT2D eigenvalue weighted by Gasteiger charge is -2.35. The number of esters is 2. The standard InChI is InChI=1S/C20H22F2N2O6/c1-10-11(2)24(27)16(23(10)5)14(12-7-6-8-13(9-12)28-19(21)22)15-17(25)29-20(3,4)30-18(15)26/h6-9,14-15,19H,1-5H3/t14-/m0/s1. The number of nitrogens with zero attached hydrogens (tertiary/aromatic N) is 2. The molecule has 1 aliphatic heterocycles. The average molecular weight is 424 g/mol. The molecule has 1 saturated heterocycles. The Balaban J connectivity index is 2.20. The molecule has 1 fully saturated rings. The van der Waals surface area contributed by atoms with Crippen LogP contribution in [0.15, 0.2) is 24.3 Å². The van der Waals surface area contributed by atoms with E-state index < -0.39 is 36.2 Å². The number of carbonyl (C=O) groups excluding carboxylic acids is 2. The molecule has 3 rings (SSSR count). The summed E-state index contributed by atoms with van der Waals surface area (Å²) in [5.74, 6) is -5.98. The van der Waals surface area contributed by atoms with E-state index in [2.05, 4.69) is 4.74 Å². The van der Waals surface area contributed by atoms with Crippen molar-refractivity contribution in [2.24, 2.45) is 13.0 Å². The molecule has 2 aromatic rings. The van der Waals surface area contributed by atoms with Gasteiger partial charge in [0.25, 0.3) is 11.6 Å². The number of halogens is 2. The fourth-order valence-corrected chi connectivity index (χ4v) is 3.58. The molecular formula is C20H22F2N2O6. The lowest BCUT2D eigenvalue weighted by molar-refractivity contribution is -0.621. The summed E-state index contributed by atoms with van der Waals surface area (Å²) in [5.41, 5.74) is 1.23. The van der Waals surface area contributed by atoms with E-state index >= 15 is 0 Å². The summed E-state index contributed by atoms with van der Waals surface area (Å²) in [7, 11) is 1.61. The first-order chi connectivity index (χ1) is 13.9. The second-order valence-corrected chi connectivity index (χ2v) is 7.53. The van der Waals surface area contributed by atoms with Gasteiger partial charge in [-0.3, -0.25) is 9.59 Å². The zero-order chi connectivity index (χ0) is 22.4. The third-order valence-corrected chi connectivity index (χ3v) is 5.14. The van der Waals surface area contributed by atoms with Gasteiger partial charge in [0, 0.05) is 27.7 Å². The third-order valence-electron chi connectivity index (χ3n) is 5.14. The van der Waals surface area contributed by atoms with Crippen molar-refractivity contribution in [1.29, 1.82) is 0 Å². The summed E-state index contributed by atoms with van der Waals surface area (Å²) in [6.45, 7) is 3.07. The summed E-state index contributed by atoms with van der Waals surface area (Å²) in [6.07, 6.45) is 0. The van der Waals surface area contributed by atoms with Crippen LogP contribution >= 0.6 is 0 Å².